The lowest BCUT2D eigenvalue weighted by atomic mass is 10.00. The lowest BCUT2D eigenvalue weighted by Gasteiger charge is -2.33. The Kier molecular flexibility index (Phi) is 7.78. The molecule has 0 spiro atoms. The number of aromatic nitrogens is 2. The first-order valence-electron chi connectivity index (χ1n) is 17.1. The Bertz CT molecular complexity index is 2690. The molecule has 53 heavy (non-hydrogen) atoms. The molecule has 8 aromatic rings. The van der Waals surface area contributed by atoms with Gasteiger partial charge in [0.2, 0.25) is 0 Å². The number of para-hydroxylation sites is 6. The molecule has 248 valence electrons. The molecule has 2 heterocycles. The van der Waals surface area contributed by atoms with Crippen LogP contribution in [0.3, 0.4) is 0 Å². The van der Waals surface area contributed by atoms with E-state index in [0.29, 0.717) is 28.2 Å². The minimum atomic E-state index is 0.461. The zero-order valence-corrected chi connectivity index (χ0v) is 28.3. The minimum Gasteiger partial charge on any atom is -0.453 e. The van der Waals surface area contributed by atoms with Gasteiger partial charge < -0.3 is 14.5 Å². The Morgan fingerprint density at radius 3 is 1.83 bits per heavy atom. The van der Waals surface area contributed by atoms with Crippen molar-refractivity contribution in [1.29, 1.82) is 10.5 Å². The van der Waals surface area contributed by atoms with Crippen molar-refractivity contribution in [2.24, 2.45) is 0 Å². The van der Waals surface area contributed by atoms with Gasteiger partial charge in [0.1, 0.15) is 12.1 Å². The molecule has 0 amide bonds. The smallest absolute Gasteiger partial charge is 0.160 e. The van der Waals surface area contributed by atoms with E-state index in [4.69, 9.17) is 14.7 Å². The number of hydrogen-bond donors (Lipinski definition) is 0. The van der Waals surface area contributed by atoms with E-state index in [9.17, 15) is 10.5 Å². The van der Waals surface area contributed by atoms with Crippen LogP contribution in [0.2, 0.25) is 0 Å². The topological polar surface area (TPSA) is 89.1 Å². The summed E-state index contributed by atoms with van der Waals surface area (Å²) in [7, 11) is 0. The van der Waals surface area contributed by atoms with Gasteiger partial charge in [0.05, 0.1) is 39.4 Å². The SMILES string of the molecule is N#Cc1cc(-c2nc(-c3ccccc3)nc3c(C#N)cccc23)ccc1N(c1ccccc1)c1ccc(N2c3ccccc3Oc3ccccc32)cc1. The molecule has 0 saturated heterocycles. The van der Waals surface area contributed by atoms with Crippen molar-refractivity contribution in [3.05, 3.63) is 181 Å². The van der Waals surface area contributed by atoms with Gasteiger partial charge in [-0.2, -0.15) is 10.5 Å². The van der Waals surface area contributed by atoms with Gasteiger partial charge in [-0.3, -0.25) is 0 Å². The third kappa shape index (κ3) is 5.56. The Balaban J connectivity index is 1.16. The van der Waals surface area contributed by atoms with Gasteiger partial charge in [0.15, 0.2) is 17.3 Å². The molecule has 0 N–H and O–H groups in total. The van der Waals surface area contributed by atoms with E-state index < -0.39 is 0 Å². The normalized spacial score (nSPS) is 11.5. The van der Waals surface area contributed by atoms with Crippen LogP contribution in [0.25, 0.3) is 33.5 Å². The number of benzene rings is 7. The van der Waals surface area contributed by atoms with Crippen molar-refractivity contribution in [2.75, 3.05) is 9.80 Å². The zero-order valence-electron chi connectivity index (χ0n) is 28.3. The molecule has 0 atom stereocenters. The molecule has 0 aliphatic carbocycles. The van der Waals surface area contributed by atoms with E-state index >= 15 is 0 Å². The lowest BCUT2D eigenvalue weighted by Crippen LogP contribution is -2.16. The summed E-state index contributed by atoms with van der Waals surface area (Å²) in [6, 6.07) is 60.2. The summed E-state index contributed by atoms with van der Waals surface area (Å²) in [6.07, 6.45) is 0. The average Bonchev–Trinajstić information content (AvgIpc) is 3.23. The molecule has 7 heteroatoms. The maximum atomic E-state index is 10.7. The molecule has 0 radical (unpaired) electrons. The van der Waals surface area contributed by atoms with Crippen LogP contribution in [0.15, 0.2) is 170 Å². The van der Waals surface area contributed by atoms with Crippen molar-refractivity contribution >= 4 is 45.0 Å². The Hall–Kier alpha value is -7.74. The maximum absolute atomic E-state index is 10.7. The van der Waals surface area contributed by atoms with Crippen molar-refractivity contribution in [2.45, 2.75) is 0 Å². The molecule has 0 saturated carbocycles. The fourth-order valence-electron chi connectivity index (χ4n) is 6.88. The highest BCUT2D eigenvalue weighted by molar-refractivity contribution is 5.97. The molecule has 9 rings (SSSR count). The fraction of sp³-hybridized carbons (Fsp3) is 0. The van der Waals surface area contributed by atoms with Gasteiger partial charge in [-0.05, 0) is 78.9 Å². The number of hydrogen-bond acceptors (Lipinski definition) is 7. The summed E-state index contributed by atoms with van der Waals surface area (Å²) < 4.78 is 6.24. The second-order valence-electron chi connectivity index (χ2n) is 12.5. The van der Waals surface area contributed by atoms with E-state index in [1.54, 1.807) is 6.07 Å². The molecular weight excluding hydrogens is 653 g/mol. The highest BCUT2D eigenvalue weighted by Crippen LogP contribution is 2.50. The number of nitrogens with zero attached hydrogens (tertiary/aromatic N) is 6. The van der Waals surface area contributed by atoms with Crippen molar-refractivity contribution in [3.8, 4) is 46.3 Å². The largest absolute Gasteiger partial charge is 0.453 e. The number of fused-ring (bicyclic) bond motifs is 3. The predicted molar refractivity (Wildman–Crippen MR) is 209 cm³/mol. The monoisotopic (exact) mass is 680 g/mol. The Morgan fingerprint density at radius 2 is 1.15 bits per heavy atom. The predicted octanol–water partition coefficient (Wildman–Crippen LogP) is 11.8. The average molecular weight is 681 g/mol. The van der Waals surface area contributed by atoms with Gasteiger partial charge in [0.25, 0.3) is 0 Å². The van der Waals surface area contributed by atoms with Crippen LogP contribution >= 0.6 is 0 Å². The van der Waals surface area contributed by atoms with E-state index in [-0.39, 0.29) is 0 Å². The van der Waals surface area contributed by atoms with Gasteiger partial charge in [0, 0.05) is 33.6 Å². The molecule has 1 aliphatic heterocycles. The standard InChI is InChI=1S/C46H28N6O/c47-29-33-14-11-17-38-44(49-46(50-45(33)38)31-12-3-1-4-13-31)32-22-27-39(34(28-32)30-48)51(35-15-5-2-6-16-35)36-23-25-37(26-24-36)52-40-18-7-9-20-42(40)53-43-21-10-8-19-41(43)52/h1-28H. The first-order chi connectivity index (χ1) is 26.2. The summed E-state index contributed by atoms with van der Waals surface area (Å²) >= 11 is 0. The van der Waals surface area contributed by atoms with Crippen LogP contribution in [0.5, 0.6) is 11.5 Å². The van der Waals surface area contributed by atoms with Crippen LogP contribution < -0.4 is 14.5 Å². The Labute approximate surface area is 306 Å². The molecule has 0 bridgehead atoms. The van der Waals surface area contributed by atoms with Crippen LogP contribution in [0.1, 0.15) is 11.1 Å². The van der Waals surface area contributed by atoms with Crippen LogP contribution in [0.4, 0.5) is 34.1 Å². The van der Waals surface area contributed by atoms with E-state index in [1.165, 1.54) is 0 Å². The van der Waals surface area contributed by atoms with Crippen LogP contribution in [-0.2, 0) is 0 Å². The van der Waals surface area contributed by atoms with E-state index in [0.717, 1.165) is 62.1 Å². The summed E-state index contributed by atoms with van der Waals surface area (Å²) in [6.45, 7) is 0. The molecule has 0 unspecified atom stereocenters. The van der Waals surface area contributed by atoms with Gasteiger partial charge in [-0.1, -0.05) is 91.0 Å². The van der Waals surface area contributed by atoms with Gasteiger partial charge >= 0.3 is 0 Å². The lowest BCUT2D eigenvalue weighted by molar-refractivity contribution is 0.477. The quantitative estimate of drug-likeness (QED) is 0.173. The first kappa shape index (κ1) is 31.3. The van der Waals surface area contributed by atoms with Crippen molar-refractivity contribution in [1.82, 2.24) is 9.97 Å². The molecule has 0 fully saturated rings. The fourth-order valence-corrected chi connectivity index (χ4v) is 6.88. The number of nitriles is 2. The number of ether oxygens (including phenoxy) is 1. The molecule has 1 aliphatic rings. The highest BCUT2D eigenvalue weighted by Gasteiger charge is 2.26. The zero-order chi connectivity index (χ0) is 35.7. The third-order valence-corrected chi connectivity index (χ3v) is 9.32. The minimum absolute atomic E-state index is 0.461. The third-order valence-electron chi connectivity index (χ3n) is 9.32. The number of anilines is 6. The Morgan fingerprint density at radius 1 is 0.528 bits per heavy atom. The summed E-state index contributed by atoms with van der Waals surface area (Å²) in [4.78, 5) is 14.1. The van der Waals surface area contributed by atoms with Crippen LogP contribution in [-0.4, -0.2) is 9.97 Å². The maximum Gasteiger partial charge on any atom is 0.160 e. The number of rotatable bonds is 6. The summed E-state index contributed by atoms with van der Waals surface area (Å²) in [5.74, 6) is 2.09. The highest BCUT2D eigenvalue weighted by atomic mass is 16.5. The van der Waals surface area contributed by atoms with E-state index in [2.05, 4.69) is 58.3 Å². The molecule has 7 aromatic carbocycles. The van der Waals surface area contributed by atoms with Gasteiger partial charge in [-0.25, -0.2) is 9.97 Å². The molecule has 7 nitrogen and oxygen atoms in total. The van der Waals surface area contributed by atoms with E-state index in [1.807, 2.05) is 127 Å². The first-order valence-corrected chi connectivity index (χ1v) is 17.1. The molecular formula is C46H28N6O. The molecule has 1 aromatic heterocycles. The van der Waals surface area contributed by atoms with Crippen molar-refractivity contribution < 1.29 is 4.74 Å². The summed E-state index contributed by atoms with van der Waals surface area (Å²) in [5.41, 5.74) is 9.13. The van der Waals surface area contributed by atoms with Crippen molar-refractivity contribution in [3.63, 3.8) is 0 Å². The second kappa shape index (κ2) is 13.2. The second-order valence-corrected chi connectivity index (χ2v) is 12.5. The van der Waals surface area contributed by atoms with Crippen LogP contribution in [0, 0.1) is 22.7 Å². The summed E-state index contributed by atoms with van der Waals surface area (Å²) in [5, 5.41) is 21.4. The van der Waals surface area contributed by atoms with Gasteiger partial charge in [-0.15, -0.1) is 0 Å².